The normalized spacial score (nSPS) is 8.89. The first-order valence-electron chi connectivity index (χ1n) is 2.22. The Bertz CT molecular complexity index is 209. The Labute approximate surface area is 51.2 Å². The van der Waals surface area contributed by atoms with Crippen LogP contribution in [0, 0.1) is 6.20 Å². The van der Waals surface area contributed by atoms with Crippen molar-refractivity contribution in [3.8, 4) is 0 Å². The first-order chi connectivity index (χ1) is 4.30. The lowest BCUT2D eigenvalue weighted by Crippen LogP contribution is -1.99. The van der Waals surface area contributed by atoms with E-state index < -0.39 is 5.97 Å². The molecule has 0 bridgehead atoms. The SMILES string of the molecule is O=C(O)c1cn[c]cn1. The molecule has 0 amide bonds. The molecular weight excluding hydrogens is 120 g/mol. The van der Waals surface area contributed by atoms with Gasteiger partial charge >= 0.3 is 5.97 Å². The first-order valence-corrected chi connectivity index (χ1v) is 2.22. The molecule has 0 saturated carbocycles. The van der Waals surface area contributed by atoms with Crippen LogP contribution in [0.4, 0.5) is 0 Å². The zero-order chi connectivity index (χ0) is 6.69. The summed E-state index contributed by atoms with van der Waals surface area (Å²) in [7, 11) is 0. The van der Waals surface area contributed by atoms with E-state index in [9.17, 15) is 4.79 Å². The van der Waals surface area contributed by atoms with Crippen molar-refractivity contribution in [2.24, 2.45) is 0 Å². The molecule has 0 aromatic carbocycles. The van der Waals surface area contributed by atoms with Crippen molar-refractivity contribution in [2.45, 2.75) is 0 Å². The van der Waals surface area contributed by atoms with Crippen LogP contribution in [0.1, 0.15) is 10.5 Å². The highest BCUT2D eigenvalue weighted by Gasteiger charge is 2.00. The molecule has 0 saturated heterocycles. The minimum Gasteiger partial charge on any atom is -0.476 e. The van der Waals surface area contributed by atoms with Gasteiger partial charge in [0.05, 0.1) is 12.4 Å². The molecule has 45 valence electrons. The molecule has 0 aliphatic heterocycles. The van der Waals surface area contributed by atoms with E-state index >= 15 is 0 Å². The number of nitrogens with zero attached hydrogens (tertiary/aromatic N) is 2. The fraction of sp³-hybridized carbons (Fsp3) is 0. The molecule has 0 atom stereocenters. The fourth-order valence-corrected chi connectivity index (χ4v) is 0.374. The molecule has 4 nitrogen and oxygen atoms in total. The quantitative estimate of drug-likeness (QED) is 0.569. The lowest BCUT2D eigenvalue weighted by atomic mass is 10.5. The third-order valence-electron chi connectivity index (χ3n) is 0.742. The maximum Gasteiger partial charge on any atom is 0.356 e. The number of carbonyl (C=O) groups is 1. The molecule has 1 radical (unpaired) electrons. The molecule has 0 spiro atoms. The van der Waals surface area contributed by atoms with E-state index in [-0.39, 0.29) is 5.69 Å². The Morgan fingerprint density at radius 2 is 2.56 bits per heavy atom. The highest BCUT2D eigenvalue weighted by atomic mass is 16.4. The predicted octanol–water partition coefficient (Wildman–Crippen LogP) is -0.0250. The molecule has 1 aromatic heterocycles. The summed E-state index contributed by atoms with van der Waals surface area (Å²) in [5.74, 6) is -1.07. The van der Waals surface area contributed by atoms with E-state index in [1.54, 1.807) is 0 Å². The van der Waals surface area contributed by atoms with Gasteiger partial charge in [0.15, 0.2) is 5.69 Å². The van der Waals surface area contributed by atoms with E-state index in [1.165, 1.54) is 6.20 Å². The van der Waals surface area contributed by atoms with Crippen molar-refractivity contribution in [1.29, 1.82) is 0 Å². The van der Waals surface area contributed by atoms with E-state index in [0.29, 0.717) is 0 Å². The van der Waals surface area contributed by atoms with Gasteiger partial charge in [0.25, 0.3) is 0 Å². The van der Waals surface area contributed by atoms with Crippen LogP contribution in [0.3, 0.4) is 0 Å². The molecule has 4 heteroatoms. The molecule has 1 N–H and O–H groups in total. The molecule has 9 heavy (non-hydrogen) atoms. The van der Waals surface area contributed by atoms with Crippen LogP contribution in [-0.2, 0) is 0 Å². The van der Waals surface area contributed by atoms with Gasteiger partial charge in [0.1, 0.15) is 6.20 Å². The Morgan fingerprint density at radius 1 is 1.78 bits per heavy atom. The van der Waals surface area contributed by atoms with Gasteiger partial charge < -0.3 is 5.11 Å². The van der Waals surface area contributed by atoms with E-state index in [0.717, 1.165) is 6.20 Å². The van der Waals surface area contributed by atoms with Gasteiger partial charge in [0, 0.05) is 0 Å². The lowest BCUT2D eigenvalue weighted by molar-refractivity contribution is 0.0690. The number of carboxylic acids is 1. The molecule has 1 aromatic rings. The zero-order valence-electron chi connectivity index (χ0n) is 4.40. The van der Waals surface area contributed by atoms with Gasteiger partial charge in [-0.25, -0.2) is 9.78 Å². The Hall–Kier alpha value is -1.45. The zero-order valence-corrected chi connectivity index (χ0v) is 4.40. The summed E-state index contributed by atoms with van der Waals surface area (Å²) >= 11 is 0. The second kappa shape index (κ2) is 2.21. The van der Waals surface area contributed by atoms with Crippen LogP contribution < -0.4 is 0 Å². The summed E-state index contributed by atoms with van der Waals surface area (Å²) in [6.07, 6.45) is 4.72. The summed E-state index contributed by atoms with van der Waals surface area (Å²) in [5.41, 5.74) is -0.0613. The Balaban J connectivity index is 2.98. The maximum absolute atomic E-state index is 10.1. The minimum atomic E-state index is -1.07. The van der Waals surface area contributed by atoms with Crippen molar-refractivity contribution in [2.75, 3.05) is 0 Å². The highest BCUT2D eigenvalue weighted by molar-refractivity contribution is 5.84. The second-order valence-electron chi connectivity index (χ2n) is 1.34. The summed E-state index contributed by atoms with van der Waals surface area (Å²) in [4.78, 5) is 17.0. The van der Waals surface area contributed by atoms with Crippen molar-refractivity contribution < 1.29 is 9.90 Å². The third kappa shape index (κ3) is 1.22. The summed E-state index contributed by atoms with van der Waals surface area (Å²) < 4.78 is 0. The third-order valence-corrected chi connectivity index (χ3v) is 0.742. The Kier molecular flexibility index (Phi) is 1.40. The molecule has 0 fully saturated rings. The van der Waals surface area contributed by atoms with Crippen molar-refractivity contribution in [3.05, 3.63) is 24.3 Å². The fourth-order valence-electron chi connectivity index (χ4n) is 0.374. The van der Waals surface area contributed by atoms with E-state index in [2.05, 4.69) is 16.2 Å². The number of hydrogen-bond acceptors (Lipinski definition) is 3. The average Bonchev–Trinajstić information content (AvgIpc) is 1.90. The first kappa shape index (κ1) is 5.68. The van der Waals surface area contributed by atoms with Gasteiger partial charge in [-0.2, -0.15) is 0 Å². The van der Waals surface area contributed by atoms with Crippen molar-refractivity contribution in [1.82, 2.24) is 9.97 Å². The highest BCUT2D eigenvalue weighted by Crippen LogP contribution is 1.86. The number of carboxylic acid groups (broad SMARTS) is 1. The predicted molar refractivity (Wildman–Crippen MR) is 27.8 cm³/mol. The van der Waals surface area contributed by atoms with Crippen LogP contribution in [0.15, 0.2) is 12.4 Å². The summed E-state index contributed by atoms with van der Waals surface area (Å²) in [5, 5.41) is 8.27. The minimum absolute atomic E-state index is 0.0613. The van der Waals surface area contributed by atoms with Crippen LogP contribution >= 0.6 is 0 Å². The van der Waals surface area contributed by atoms with Crippen LogP contribution in [0.2, 0.25) is 0 Å². The molecule has 0 unspecified atom stereocenters. The van der Waals surface area contributed by atoms with Gasteiger partial charge in [-0.1, -0.05) is 0 Å². The van der Waals surface area contributed by atoms with E-state index in [1.807, 2.05) is 0 Å². The summed E-state index contributed by atoms with van der Waals surface area (Å²) in [6.45, 7) is 0. The maximum atomic E-state index is 10.1. The van der Waals surface area contributed by atoms with Gasteiger partial charge in [-0.05, 0) is 0 Å². The lowest BCUT2D eigenvalue weighted by Gasteiger charge is -1.86. The molecule has 1 heterocycles. The summed E-state index contributed by atoms with van der Waals surface area (Å²) in [6, 6.07) is 0. The second-order valence-corrected chi connectivity index (χ2v) is 1.34. The standard InChI is InChI=1S/C5H3N2O2/c8-5(9)4-3-6-1-2-7-4/h2-3H,(H,8,9). The van der Waals surface area contributed by atoms with Gasteiger partial charge in [-0.3, -0.25) is 4.98 Å². The average molecular weight is 123 g/mol. The smallest absolute Gasteiger partial charge is 0.356 e. The van der Waals surface area contributed by atoms with Crippen LogP contribution in [-0.4, -0.2) is 21.0 Å². The number of aromatic nitrogens is 2. The van der Waals surface area contributed by atoms with Gasteiger partial charge in [0.2, 0.25) is 0 Å². The van der Waals surface area contributed by atoms with E-state index in [4.69, 9.17) is 5.11 Å². The molecule has 0 aliphatic carbocycles. The largest absolute Gasteiger partial charge is 0.476 e. The van der Waals surface area contributed by atoms with Crippen LogP contribution in [0.5, 0.6) is 0 Å². The monoisotopic (exact) mass is 123 g/mol. The number of aromatic carboxylic acids is 1. The molecule has 0 aliphatic rings. The Morgan fingerprint density at radius 3 is 2.89 bits per heavy atom. The van der Waals surface area contributed by atoms with Gasteiger partial charge in [-0.15, -0.1) is 0 Å². The van der Waals surface area contributed by atoms with Crippen molar-refractivity contribution in [3.63, 3.8) is 0 Å². The molecule has 1 rings (SSSR count). The van der Waals surface area contributed by atoms with Crippen molar-refractivity contribution >= 4 is 5.97 Å². The number of hydrogen-bond donors (Lipinski definition) is 1. The molecular formula is C5H3N2O2. The van der Waals surface area contributed by atoms with Crippen LogP contribution in [0.25, 0.3) is 0 Å². The topological polar surface area (TPSA) is 63.1 Å². The number of rotatable bonds is 1.